The van der Waals surface area contributed by atoms with Gasteiger partial charge >= 0.3 is 0 Å². The summed E-state index contributed by atoms with van der Waals surface area (Å²) in [5.41, 5.74) is 0.353. The van der Waals surface area contributed by atoms with E-state index in [2.05, 4.69) is 50.1 Å². The van der Waals surface area contributed by atoms with E-state index in [1.54, 1.807) is 0 Å². The number of likely N-dealkylation sites (tertiary alicyclic amines) is 1. The van der Waals surface area contributed by atoms with Crippen LogP contribution in [0.1, 0.15) is 72.6 Å². The van der Waals surface area contributed by atoms with Gasteiger partial charge < -0.3 is 15.3 Å². The lowest BCUT2D eigenvalue weighted by Crippen LogP contribution is -2.53. The predicted octanol–water partition coefficient (Wildman–Crippen LogP) is 5.32. The van der Waals surface area contributed by atoms with E-state index >= 15 is 0 Å². The summed E-state index contributed by atoms with van der Waals surface area (Å²) in [7, 11) is 0. The Kier molecular flexibility index (Phi) is 9.14. The lowest BCUT2D eigenvalue weighted by Gasteiger charge is -2.48. The van der Waals surface area contributed by atoms with E-state index in [9.17, 15) is 5.11 Å². The molecular weight excluding hydrogens is 392 g/mol. The normalized spacial score (nSPS) is 36.2. The third kappa shape index (κ3) is 6.70. The third-order valence-electron chi connectivity index (χ3n) is 8.33. The van der Waals surface area contributed by atoms with Crippen LogP contribution in [0, 0.1) is 35.0 Å². The summed E-state index contributed by atoms with van der Waals surface area (Å²) in [6.07, 6.45) is 13.4. The number of hydrogen-bond acceptors (Lipinski definition) is 3. The van der Waals surface area contributed by atoms with Crippen LogP contribution in [0.25, 0.3) is 0 Å². The van der Waals surface area contributed by atoms with E-state index in [1.165, 1.54) is 51.6 Å². The van der Waals surface area contributed by atoms with Gasteiger partial charge in [-0.2, -0.15) is 0 Å². The molecule has 0 amide bonds. The number of piperidine rings is 1. The summed E-state index contributed by atoms with van der Waals surface area (Å²) in [4.78, 5) is 2.72. The fourth-order valence-corrected chi connectivity index (χ4v) is 6.65. The minimum atomic E-state index is 0.249. The molecule has 1 saturated carbocycles. The number of allylic oxidation sites excluding steroid dienone is 2. The van der Waals surface area contributed by atoms with Gasteiger partial charge in [0.25, 0.3) is 0 Å². The maximum Gasteiger partial charge on any atom is 0.0516 e. The minimum Gasteiger partial charge on any atom is -0.396 e. The number of aliphatic hydroxyl groups excluding tert-OH is 1. The number of rotatable bonds is 8. The smallest absolute Gasteiger partial charge is 0.0516 e. The van der Waals surface area contributed by atoms with Crippen LogP contribution >= 0.6 is 11.6 Å². The van der Waals surface area contributed by atoms with Crippen LogP contribution in [-0.4, -0.2) is 54.2 Å². The molecule has 0 aromatic rings. The van der Waals surface area contributed by atoms with Crippen LogP contribution in [0.3, 0.4) is 0 Å². The van der Waals surface area contributed by atoms with Gasteiger partial charge in [-0.25, -0.2) is 0 Å². The monoisotopic (exact) mass is 438 g/mol. The van der Waals surface area contributed by atoms with E-state index < -0.39 is 0 Å². The highest BCUT2D eigenvalue weighted by molar-refractivity contribution is 6.21. The standard InChI is InChI=1S/C26H47ClN2O/c1-19(2)25(28-15-20-6-5-7-21(14-20)17-30)16-29-13-12-24(26(3,4)18-29)22-8-10-23(27)11-9-22/h8,10,19-25,28,30H,5-7,9,11-18H2,1-4H3/t20?,21?,22?,23?,24?,25-/m0/s1. The van der Waals surface area contributed by atoms with Gasteiger partial charge in [0.2, 0.25) is 0 Å². The number of alkyl halides is 1. The molecule has 2 fully saturated rings. The highest BCUT2D eigenvalue weighted by atomic mass is 35.5. The van der Waals surface area contributed by atoms with Gasteiger partial charge in [-0.15, -0.1) is 11.6 Å². The van der Waals surface area contributed by atoms with Crippen LogP contribution in [0.4, 0.5) is 0 Å². The van der Waals surface area contributed by atoms with Crippen molar-refractivity contribution < 1.29 is 5.11 Å². The zero-order valence-electron chi connectivity index (χ0n) is 20.0. The molecule has 174 valence electrons. The molecule has 3 rings (SSSR count). The Morgan fingerprint density at radius 2 is 1.87 bits per heavy atom. The van der Waals surface area contributed by atoms with E-state index in [0.29, 0.717) is 35.8 Å². The zero-order valence-corrected chi connectivity index (χ0v) is 20.7. The number of nitrogens with zero attached hydrogens (tertiary/aromatic N) is 1. The fourth-order valence-electron chi connectivity index (χ4n) is 6.44. The van der Waals surface area contributed by atoms with E-state index in [-0.39, 0.29) is 5.38 Å². The zero-order chi connectivity index (χ0) is 21.7. The van der Waals surface area contributed by atoms with Crippen molar-refractivity contribution in [3.05, 3.63) is 12.2 Å². The molecule has 0 aromatic carbocycles. The molecule has 1 aliphatic heterocycles. The molecule has 6 atom stereocenters. The predicted molar refractivity (Wildman–Crippen MR) is 129 cm³/mol. The largest absolute Gasteiger partial charge is 0.396 e. The highest BCUT2D eigenvalue weighted by Crippen LogP contribution is 2.43. The van der Waals surface area contributed by atoms with Crippen LogP contribution in [0.2, 0.25) is 0 Å². The van der Waals surface area contributed by atoms with Gasteiger partial charge in [0.05, 0.1) is 5.38 Å². The van der Waals surface area contributed by atoms with Crippen molar-refractivity contribution in [3.8, 4) is 0 Å². The first-order chi connectivity index (χ1) is 14.3. The number of halogens is 1. The van der Waals surface area contributed by atoms with Gasteiger partial charge in [-0.1, -0.05) is 46.3 Å². The average molecular weight is 439 g/mol. The maximum absolute atomic E-state index is 9.53. The van der Waals surface area contributed by atoms with Crippen LogP contribution in [0.15, 0.2) is 12.2 Å². The van der Waals surface area contributed by atoms with Crippen LogP contribution in [-0.2, 0) is 0 Å². The number of hydrogen-bond donors (Lipinski definition) is 2. The molecule has 1 heterocycles. The number of nitrogens with one attached hydrogen (secondary N) is 1. The first-order valence-electron chi connectivity index (χ1n) is 12.7. The first-order valence-corrected chi connectivity index (χ1v) is 13.1. The van der Waals surface area contributed by atoms with Crippen LogP contribution < -0.4 is 5.32 Å². The summed E-state index contributed by atoms with van der Waals surface area (Å²) < 4.78 is 0. The lowest BCUT2D eigenvalue weighted by atomic mass is 9.65. The molecule has 0 spiro atoms. The molecule has 0 aromatic heterocycles. The van der Waals surface area contributed by atoms with Crippen molar-refractivity contribution in [1.82, 2.24) is 10.2 Å². The van der Waals surface area contributed by atoms with Crippen molar-refractivity contribution >= 4 is 11.6 Å². The Bertz CT molecular complexity index is 549. The molecule has 30 heavy (non-hydrogen) atoms. The molecular formula is C26H47ClN2O. The summed E-state index contributed by atoms with van der Waals surface area (Å²) in [6, 6.07) is 0.554. The van der Waals surface area contributed by atoms with Crippen molar-refractivity contribution in [2.24, 2.45) is 35.0 Å². The Hall–Kier alpha value is -0.0900. The molecule has 3 aliphatic rings. The topological polar surface area (TPSA) is 35.5 Å². The van der Waals surface area contributed by atoms with Crippen molar-refractivity contribution in [2.75, 3.05) is 32.8 Å². The Morgan fingerprint density at radius 3 is 2.50 bits per heavy atom. The van der Waals surface area contributed by atoms with E-state index in [0.717, 1.165) is 31.3 Å². The maximum atomic E-state index is 9.53. The summed E-state index contributed by atoms with van der Waals surface area (Å²) >= 11 is 6.29. The van der Waals surface area contributed by atoms with Crippen molar-refractivity contribution in [2.45, 2.75) is 84.1 Å². The second-order valence-corrected chi connectivity index (χ2v) is 12.2. The lowest BCUT2D eigenvalue weighted by molar-refractivity contribution is 0.0215. The quantitative estimate of drug-likeness (QED) is 0.397. The van der Waals surface area contributed by atoms with E-state index in [1.807, 2.05) is 0 Å². The first kappa shape index (κ1) is 24.6. The van der Waals surface area contributed by atoms with Gasteiger partial charge in [0, 0.05) is 25.7 Å². The van der Waals surface area contributed by atoms with Crippen LogP contribution in [0.5, 0.6) is 0 Å². The molecule has 1 saturated heterocycles. The minimum absolute atomic E-state index is 0.249. The molecule has 2 N–H and O–H groups in total. The number of aliphatic hydroxyl groups is 1. The van der Waals surface area contributed by atoms with Gasteiger partial charge in [0.1, 0.15) is 0 Å². The highest BCUT2D eigenvalue weighted by Gasteiger charge is 2.40. The average Bonchev–Trinajstić information content (AvgIpc) is 2.71. The molecule has 2 aliphatic carbocycles. The molecule has 4 heteroatoms. The molecule has 0 radical (unpaired) electrons. The Labute approximate surface area is 191 Å². The van der Waals surface area contributed by atoms with E-state index in [4.69, 9.17) is 11.6 Å². The summed E-state index contributed by atoms with van der Waals surface area (Å²) in [5, 5.41) is 13.7. The molecule has 0 bridgehead atoms. The summed E-state index contributed by atoms with van der Waals surface area (Å²) in [5.74, 6) is 3.40. The molecule has 5 unspecified atom stereocenters. The summed E-state index contributed by atoms with van der Waals surface area (Å²) in [6.45, 7) is 14.8. The Balaban J connectivity index is 1.50. The Morgan fingerprint density at radius 1 is 1.10 bits per heavy atom. The fraction of sp³-hybridized carbons (Fsp3) is 0.923. The SMILES string of the molecule is CC(C)[C@H](CN1CCC(C2C=CC(Cl)CC2)C(C)(C)C1)NCC1CCCC(CO)C1. The second-order valence-electron chi connectivity index (χ2n) is 11.6. The van der Waals surface area contributed by atoms with Gasteiger partial charge in [0.15, 0.2) is 0 Å². The van der Waals surface area contributed by atoms with Crippen molar-refractivity contribution in [1.29, 1.82) is 0 Å². The second kappa shape index (κ2) is 11.2. The van der Waals surface area contributed by atoms with Gasteiger partial charge in [-0.05, 0) is 86.6 Å². The van der Waals surface area contributed by atoms with Crippen molar-refractivity contribution in [3.63, 3.8) is 0 Å². The third-order valence-corrected chi connectivity index (χ3v) is 8.69. The van der Waals surface area contributed by atoms with Gasteiger partial charge in [-0.3, -0.25) is 0 Å². The molecule has 3 nitrogen and oxygen atoms in total.